The van der Waals surface area contributed by atoms with E-state index in [1.807, 2.05) is 13.0 Å². The number of carbonyl (C=O) groups excluding carboxylic acids is 1. The number of hydrogen-bond donors (Lipinski definition) is 1. The molecular weight excluding hydrogens is 279 g/mol. The quantitative estimate of drug-likeness (QED) is 0.876. The fourth-order valence-electron chi connectivity index (χ4n) is 3.00. The van der Waals surface area contributed by atoms with Crippen molar-refractivity contribution in [2.45, 2.75) is 45.6 Å². The van der Waals surface area contributed by atoms with Crippen LogP contribution in [0.4, 0.5) is 4.39 Å². The fraction of sp³-hybridized carbons (Fsp3) is 0.611. The lowest BCUT2D eigenvalue weighted by molar-refractivity contribution is -0.124. The minimum absolute atomic E-state index is 0.00659. The number of rotatable bonds is 6. The zero-order valence-electron chi connectivity index (χ0n) is 13.6. The Labute approximate surface area is 132 Å². The first-order chi connectivity index (χ1) is 10.6. The second-order valence-electron chi connectivity index (χ2n) is 6.39. The van der Waals surface area contributed by atoms with E-state index in [9.17, 15) is 9.18 Å². The lowest BCUT2D eigenvalue weighted by Crippen LogP contribution is -2.45. The van der Waals surface area contributed by atoms with Gasteiger partial charge in [-0.1, -0.05) is 31.5 Å². The Balaban J connectivity index is 1.77. The summed E-state index contributed by atoms with van der Waals surface area (Å²) in [5.74, 6) is -0.443. The molecule has 1 aliphatic heterocycles. The molecule has 1 amide bonds. The monoisotopic (exact) mass is 306 g/mol. The fourth-order valence-corrected chi connectivity index (χ4v) is 3.00. The van der Waals surface area contributed by atoms with Gasteiger partial charge in [0.2, 0.25) is 5.91 Å². The molecule has 0 aromatic heterocycles. The maximum absolute atomic E-state index is 13.6. The molecule has 0 spiro atoms. The third-order valence-electron chi connectivity index (χ3n) is 4.52. The van der Waals surface area contributed by atoms with Crippen LogP contribution in [0.3, 0.4) is 0 Å². The predicted molar refractivity (Wildman–Crippen MR) is 87.2 cm³/mol. The standard InChI is InChI=1S/C18H27FN2O/c1-14(12-16-8-4-5-9-17(16)19)18(22)20-13-15(2)21-10-6-3-7-11-21/h4-5,8-9,14-15H,3,6-7,10-13H2,1-2H3,(H,20,22). The van der Waals surface area contributed by atoms with Gasteiger partial charge in [-0.3, -0.25) is 9.69 Å². The lowest BCUT2D eigenvalue weighted by Gasteiger charge is -2.32. The molecule has 1 aromatic rings. The summed E-state index contributed by atoms with van der Waals surface area (Å²) in [5, 5.41) is 3.02. The molecule has 1 fully saturated rings. The minimum Gasteiger partial charge on any atom is -0.354 e. The second-order valence-corrected chi connectivity index (χ2v) is 6.39. The Morgan fingerprint density at radius 2 is 1.91 bits per heavy atom. The van der Waals surface area contributed by atoms with Crippen molar-refractivity contribution < 1.29 is 9.18 Å². The van der Waals surface area contributed by atoms with Crippen molar-refractivity contribution in [3.05, 3.63) is 35.6 Å². The molecule has 1 N–H and O–H groups in total. The third kappa shape index (κ3) is 4.80. The van der Waals surface area contributed by atoms with Gasteiger partial charge >= 0.3 is 0 Å². The first-order valence-corrected chi connectivity index (χ1v) is 8.33. The summed E-state index contributed by atoms with van der Waals surface area (Å²) < 4.78 is 13.6. The molecule has 2 atom stereocenters. The van der Waals surface area contributed by atoms with Crippen LogP contribution in [-0.4, -0.2) is 36.5 Å². The molecule has 1 heterocycles. The van der Waals surface area contributed by atoms with Crippen molar-refractivity contribution in [1.29, 1.82) is 0 Å². The highest BCUT2D eigenvalue weighted by atomic mass is 19.1. The van der Waals surface area contributed by atoms with Crippen LogP contribution in [0.1, 0.15) is 38.7 Å². The molecule has 2 rings (SSSR count). The number of piperidine rings is 1. The van der Waals surface area contributed by atoms with Crippen molar-refractivity contribution >= 4 is 5.91 Å². The zero-order chi connectivity index (χ0) is 15.9. The number of benzene rings is 1. The zero-order valence-corrected chi connectivity index (χ0v) is 13.6. The molecule has 0 aliphatic carbocycles. The van der Waals surface area contributed by atoms with Gasteiger partial charge in [-0.25, -0.2) is 4.39 Å². The molecular formula is C18H27FN2O. The predicted octanol–water partition coefficient (Wildman–Crippen LogP) is 2.99. The maximum Gasteiger partial charge on any atom is 0.223 e. The van der Waals surface area contributed by atoms with Crippen LogP contribution in [0, 0.1) is 11.7 Å². The summed E-state index contributed by atoms with van der Waals surface area (Å²) in [6.45, 7) is 6.94. The molecule has 4 heteroatoms. The van der Waals surface area contributed by atoms with Crippen molar-refractivity contribution in [2.24, 2.45) is 5.92 Å². The van der Waals surface area contributed by atoms with Crippen molar-refractivity contribution in [3.8, 4) is 0 Å². The largest absolute Gasteiger partial charge is 0.354 e. The molecule has 122 valence electrons. The van der Waals surface area contributed by atoms with E-state index in [0.29, 0.717) is 24.6 Å². The summed E-state index contributed by atoms with van der Waals surface area (Å²) >= 11 is 0. The molecule has 1 aliphatic rings. The Morgan fingerprint density at radius 1 is 1.23 bits per heavy atom. The summed E-state index contributed by atoms with van der Waals surface area (Å²) in [4.78, 5) is 14.6. The van der Waals surface area contributed by atoms with Gasteiger partial charge < -0.3 is 5.32 Å². The molecule has 2 unspecified atom stereocenters. The number of amides is 1. The lowest BCUT2D eigenvalue weighted by atomic mass is 10.00. The smallest absolute Gasteiger partial charge is 0.223 e. The SMILES string of the molecule is CC(Cc1ccccc1F)C(=O)NCC(C)N1CCCCC1. The molecule has 0 radical (unpaired) electrons. The molecule has 0 saturated carbocycles. The van der Waals surface area contributed by atoms with Gasteiger partial charge in [-0.2, -0.15) is 0 Å². The van der Waals surface area contributed by atoms with E-state index in [1.54, 1.807) is 12.1 Å². The van der Waals surface area contributed by atoms with Crippen LogP contribution in [0.2, 0.25) is 0 Å². The van der Waals surface area contributed by atoms with Crippen molar-refractivity contribution in [1.82, 2.24) is 10.2 Å². The van der Waals surface area contributed by atoms with Gasteiger partial charge in [0.15, 0.2) is 0 Å². The third-order valence-corrected chi connectivity index (χ3v) is 4.52. The van der Waals surface area contributed by atoms with Crippen molar-refractivity contribution in [2.75, 3.05) is 19.6 Å². The van der Waals surface area contributed by atoms with Crippen LogP contribution in [0.5, 0.6) is 0 Å². The van der Waals surface area contributed by atoms with E-state index in [0.717, 1.165) is 13.1 Å². The first kappa shape index (κ1) is 16.9. The van der Waals surface area contributed by atoms with E-state index in [2.05, 4.69) is 17.1 Å². The Morgan fingerprint density at radius 3 is 2.59 bits per heavy atom. The number of nitrogens with one attached hydrogen (secondary N) is 1. The number of hydrogen-bond acceptors (Lipinski definition) is 2. The number of carbonyl (C=O) groups is 1. The Bertz CT molecular complexity index is 486. The normalized spacial score (nSPS) is 18.7. The summed E-state index contributed by atoms with van der Waals surface area (Å²) in [6.07, 6.45) is 4.26. The van der Waals surface area contributed by atoms with Crippen LogP contribution in [-0.2, 0) is 11.2 Å². The highest BCUT2D eigenvalue weighted by molar-refractivity contribution is 5.78. The maximum atomic E-state index is 13.6. The van der Waals surface area contributed by atoms with E-state index < -0.39 is 0 Å². The molecule has 3 nitrogen and oxygen atoms in total. The van der Waals surface area contributed by atoms with Crippen LogP contribution < -0.4 is 5.32 Å². The van der Waals surface area contributed by atoms with E-state index in [1.165, 1.54) is 25.3 Å². The first-order valence-electron chi connectivity index (χ1n) is 8.33. The topological polar surface area (TPSA) is 32.3 Å². The van der Waals surface area contributed by atoms with Crippen LogP contribution >= 0.6 is 0 Å². The van der Waals surface area contributed by atoms with E-state index >= 15 is 0 Å². The molecule has 0 bridgehead atoms. The summed E-state index contributed by atoms with van der Waals surface area (Å²) in [6, 6.07) is 7.03. The number of likely N-dealkylation sites (tertiary alicyclic amines) is 1. The Hall–Kier alpha value is -1.42. The average Bonchev–Trinajstić information content (AvgIpc) is 2.55. The van der Waals surface area contributed by atoms with Crippen LogP contribution in [0.25, 0.3) is 0 Å². The van der Waals surface area contributed by atoms with Gasteiger partial charge in [-0.15, -0.1) is 0 Å². The van der Waals surface area contributed by atoms with Gasteiger partial charge in [0.1, 0.15) is 5.82 Å². The van der Waals surface area contributed by atoms with Gasteiger partial charge in [0.05, 0.1) is 0 Å². The van der Waals surface area contributed by atoms with Crippen molar-refractivity contribution in [3.63, 3.8) is 0 Å². The highest BCUT2D eigenvalue weighted by Gasteiger charge is 2.19. The Kier molecular flexibility index (Phi) is 6.37. The van der Waals surface area contributed by atoms with Gasteiger partial charge in [-0.05, 0) is 50.9 Å². The average molecular weight is 306 g/mol. The summed E-state index contributed by atoms with van der Waals surface area (Å²) in [7, 11) is 0. The molecule has 22 heavy (non-hydrogen) atoms. The number of halogens is 1. The van der Waals surface area contributed by atoms with Gasteiger partial charge in [0, 0.05) is 18.5 Å². The second kappa shape index (κ2) is 8.28. The highest BCUT2D eigenvalue weighted by Crippen LogP contribution is 2.14. The molecule has 1 aromatic carbocycles. The number of nitrogens with zero attached hydrogens (tertiary/aromatic N) is 1. The van der Waals surface area contributed by atoms with E-state index in [-0.39, 0.29) is 17.6 Å². The van der Waals surface area contributed by atoms with Gasteiger partial charge in [0.25, 0.3) is 0 Å². The van der Waals surface area contributed by atoms with Crippen LogP contribution in [0.15, 0.2) is 24.3 Å². The minimum atomic E-state index is -0.233. The molecule has 1 saturated heterocycles. The van der Waals surface area contributed by atoms with E-state index in [4.69, 9.17) is 0 Å². The summed E-state index contributed by atoms with van der Waals surface area (Å²) in [5.41, 5.74) is 0.606.